The minimum absolute atomic E-state index is 0.116. The average Bonchev–Trinajstić information content (AvgIpc) is 2.58. The first kappa shape index (κ1) is 15.1. The molecule has 1 N–H and O–H groups in total. The molecule has 1 aromatic rings. The average molecular weight is 303 g/mol. The first-order valence-corrected chi connectivity index (χ1v) is 7.55. The van der Waals surface area contributed by atoms with Crippen molar-refractivity contribution in [1.29, 1.82) is 5.26 Å². The van der Waals surface area contributed by atoms with Crippen molar-refractivity contribution in [2.24, 2.45) is 5.41 Å². The molecule has 0 unspecified atom stereocenters. The quantitative estimate of drug-likeness (QED) is 0.907. The molecule has 0 aromatic carbocycles. The van der Waals surface area contributed by atoms with Gasteiger partial charge in [0.1, 0.15) is 11.6 Å². The molecule has 6 nitrogen and oxygen atoms in total. The number of aliphatic hydroxyl groups excluding tert-OH is 1. The number of rotatable bonds is 3. The molecule has 3 rings (SSSR count). The summed E-state index contributed by atoms with van der Waals surface area (Å²) >= 11 is 0. The van der Waals surface area contributed by atoms with E-state index in [4.69, 9.17) is 9.47 Å². The molecule has 0 amide bonds. The topological polar surface area (TPSA) is 78.6 Å². The molecule has 1 saturated heterocycles. The molecule has 118 valence electrons. The number of anilines is 1. The van der Waals surface area contributed by atoms with Crippen molar-refractivity contribution < 1.29 is 14.6 Å². The van der Waals surface area contributed by atoms with Gasteiger partial charge in [0.15, 0.2) is 0 Å². The van der Waals surface area contributed by atoms with Crippen molar-refractivity contribution in [3.8, 4) is 11.9 Å². The number of ether oxygens (including phenoxy) is 2. The maximum Gasteiger partial charge on any atom is 0.233 e. The van der Waals surface area contributed by atoms with Gasteiger partial charge in [0, 0.05) is 38.2 Å². The first-order valence-electron chi connectivity index (χ1n) is 7.55. The van der Waals surface area contributed by atoms with Crippen LogP contribution in [0.5, 0.6) is 5.88 Å². The van der Waals surface area contributed by atoms with E-state index in [0.717, 1.165) is 38.0 Å². The Morgan fingerprint density at radius 2 is 2.14 bits per heavy atom. The number of hydrogen-bond donors (Lipinski definition) is 1. The molecule has 2 aliphatic rings. The van der Waals surface area contributed by atoms with Crippen LogP contribution in [0.25, 0.3) is 0 Å². The van der Waals surface area contributed by atoms with Crippen molar-refractivity contribution in [2.45, 2.75) is 31.5 Å². The van der Waals surface area contributed by atoms with E-state index in [1.807, 2.05) is 6.07 Å². The van der Waals surface area contributed by atoms with Crippen molar-refractivity contribution in [2.75, 3.05) is 32.2 Å². The second-order valence-electron chi connectivity index (χ2n) is 6.02. The van der Waals surface area contributed by atoms with Crippen LogP contribution in [0.3, 0.4) is 0 Å². The lowest BCUT2D eigenvalue weighted by atomic mass is 9.58. The molecule has 2 heterocycles. The predicted molar refractivity (Wildman–Crippen MR) is 80.8 cm³/mol. The molecular formula is C16H21N3O3. The highest BCUT2D eigenvalue weighted by Crippen LogP contribution is 2.51. The molecule has 22 heavy (non-hydrogen) atoms. The Hall–Kier alpha value is -1.84. The number of pyridine rings is 1. The van der Waals surface area contributed by atoms with Gasteiger partial charge < -0.3 is 19.5 Å². The van der Waals surface area contributed by atoms with Crippen molar-refractivity contribution >= 4 is 5.69 Å². The summed E-state index contributed by atoms with van der Waals surface area (Å²) in [4.78, 5) is 6.26. The highest BCUT2D eigenvalue weighted by molar-refractivity contribution is 5.63. The highest BCUT2D eigenvalue weighted by Gasteiger charge is 2.55. The Morgan fingerprint density at radius 1 is 1.41 bits per heavy atom. The maximum absolute atomic E-state index is 10.2. The summed E-state index contributed by atoms with van der Waals surface area (Å²) in [6, 6.07) is 4.04. The van der Waals surface area contributed by atoms with Crippen molar-refractivity contribution in [1.82, 2.24) is 4.98 Å². The molecule has 1 saturated carbocycles. The number of aromatic nitrogens is 1. The maximum atomic E-state index is 10.2. The first-order chi connectivity index (χ1) is 10.7. The fraction of sp³-hybridized carbons (Fsp3) is 0.625. The zero-order valence-corrected chi connectivity index (χ0v) is 13.0. The summed E-state index contributed by atoms with van der Waals surface area (Å²) < 4.78 is 10.7. The van der Waals surface area contributed by atoms with Crippen LogP contribution < -0.4 is 9.64 Å². The van der Waals surface area contributed by atoms with E-state index in [0.29, 0.717) is 11.4 Å². The standard InChI is InChI=1S/C16H21N3O3/c1-21-14-9-13(20)16(14)4-7-19(8-5-16)12-3-6-18-15(22-2)11(12)10-17/h3,6,13-14,20H,4-5,7-9H2,1-2H3/t13-,14+/m1/s1. The fourth-order valence-electron chi connectivity index (χ4n) is 3.83. The number of methoxy groups -OCH3 is 2. The van der Waals surface area contributed by atoms with Gasteiger partial charge in [-0.3, -0.25) is 0 Å². The van der Waals surface area contributed by atoms with Crippen LogP contribution in [-0.4, -0.2) is 49.6 Å². The van der Waals surface area contributed by atoms with Crippen LogP contribution in [0.1, 0.15) is 24.8 Å². The summed E-state index contributed by atoms with van der Waals surface area (Å²) in [6.07, 6.45) is 3.98. The number of hydrogen-bond acceptors (Lipinski definition) is 6. The van der Waals surface area contributed by atoms with Crippen LogP contribution in [0.2, 0.25) is 0 Å². The van der Waals surface area contributed by atoms with Gasteiger partial charge in [0.05, 0.1) is 25.0 Å². The third-order valence-electron chi connectivity index (χ3n) is 5.26. The van der Waals surface area contributed by atoms with E-state index in [1.165, 1.54) is 7.11 Å². The Morgan fingerprint density at radius 3 is 2.68 bits per heavy atom. The SMILES string of the molecule is COc1nccc(N2CCC3(CC2)[C@H](O)C[C@@H]3OC)c1C#N. The lowest BCUT2D eigenvalue weighted by molar-refractivity contribution is -0.190. The Balaban J connectivity index is 1.79. The van der Waals surface area contributed by atoms with Crippen LogP contribution in [0.15, 0.2) is 12.3 Å². The van der Waals surface area contributed by atoms with Crippen LogP contribution in [0, 0.1) is 16.7 Å². The third-order valence-corrected chi connectivity index (χ3v) is 5.26. The fourth-order valence-corrected chi connectivity index (χ4v) is 3.83. The molecule has 1 aromatic heterocycles. The van der Waals surface area contributed by atoms with E-state index in [2.05, 4.69) is 16.0 Å². The molecule has 1 spiro atoms. The van der Waals surface area contributed by atoms with Crippen LogP contribution in [0.4, 0.5) is 5.69 Å². The zero-order valence-electron chi connectivity index (χ0n) is 13.0. The molecule has 2 atom stereocenters. The smallest absolute Gasteiger partial charge is 0.233 e. The largest absolute Gasteiger partial charge is 0.480 e. The number of nitriles is 1. The summed E-state index contributed by atoms with van der Waals surface area (Å²) in [5.74, 6) is 0.360. The predicted octanol–water partition coefficient (Wildman–Crippen LogP) is 1.33. The van der Waals surface area contributed by atoms with Gasteiger partial charge in [-0.25, -0.2) is 4.98 Å². The minimum atomic E-state index is -0.276. The zero-order chi connectivity index (χ0) is 15.7. The molecular weight excluding hydrogens is 282 g/mol. The molecule has 0 bridgehead atoms. The highest BCUT2D eigenvalue weighted by atomic mass is 16.5. The normalized spacial score (nSPS) is 26.4. The monoisotopic (exact) mass is 303 g/mol. The molecule has 6 heteroatoms. The van der Waals surface area contributed by atoms with Crippen molar-refractivity contribution in [3.63, 3.8) is 0 Å². The van der Waals surface area contributed by atoms with E-state index in [1.54, 1.807) is 13.3 Å². The third kappa shape index (κ3) is 2.13. The minimum Gasteiger partial charge on any atom is -0.480 e. The van der Waals surface area contributed by atoms with Gasteiger partial charge in [0.2, 0.25) is 5.88 Å². The lowest BCUT2D eigenvalue weighted by Crippen LogP contribution is -2.62. The molecule has 2 fully saturated rings. The lowest BCUT2D eigenvalue weighted by Gasteiger charge is -2.56. The van der Waals surface area contributed by atoms with E-state index in [-0.39, 0.29) is 17.6 Å². The second-order valence-corrected chi connectivity index (χ2v) is 6.02. The second kappa shape index (κ2) is 5.75. The molecule has 1 aliphatic heterocycles. The summed E-state index contributed by atoms with van der Waals surface area (Å²) in [7, 11) is 3.23. The van der Waals surface area contributed by atoms with E-state index in [9.17, 15) is 10.4 Å². The summed E-state index contributed by atoms with van der Waals surface area (Å²) in [5.41, 5.74) is 1.21. The van der Waals surface area contributed by atoms with Gasteiger partial charge in [-0.1, -0.05) is 0 Å². The Labute approximate surface area is 130 Å². The van der Waals surface area contributed by atoms with Gasteiger partial charge >= 0.3 is 0 Å². The van der Waals surface area contributed by atoms with Gasteiger partial charge in [-0.2, -0.15) is 5.26 Å². The van der Waals surface area contributed by atoms with E-state index >= 15 is 0 Å². The molecule has 1 aliphatic carbocycles. The molecule has 0 radical (unpaired) electrons. The summed E-state index contributed by atoms with van der Waals surface area (Å²) in [5, 5.41) is 19.6. The van der Waals surface area contributed by atoms with Crippen LogP contribution >= 0.6 is 0 Å². The number of piperidine rings is 1. The van der Waals surface area contributed by atoms with Gasteiger partial charge in [0.25, 0.3) is 0 Å². The Kier molecular flexibility index (Phi) is 3.94. The Bertz CT molecular complexity index is 591. The van der Waals surface area contributed by atoms with Gasteiger partial charge in [-0.15, -0.1) is 0 Å². The number of nitrogens with zero attached hydrogens (tertiary/aromatic N) is 3. The van der Waals surface area contributed by atoms with Crippen molar-refractivity contribution in [3.05, 3.63) is 17.8 Å². The summed E-state index contributed by atoms with van der Waals surface area (Å²) in [6.45, 7) is 1.58. The van der Waals surface area contributed by atoms with Crippen LogP contribution in [-0.2, 0) is 4.74 Å². The van der Waals surface area contributed by atoms with E-state index < -0.39 is 0 Å². The van der Waals surface area contributed by atoms with Gasteiger partial charge in [-0.05, 0) is 18.9 Å². The number of aliphatic hydroxyl groups is 1.